The van der Waals surface area contributed by atoms with Crippen molar-refractivity contribution in [1.82, 2.24) is 9.29 Å². The number of carbonyl (C=O) groups is 1. The second-order valence-electron chi connectivity index (χ2n) is 7.81. The minimum absolute atomic E-state index is 0.0507. The lowest BCUT2D eigenvalue weighted by atomic mass is 9.97. The molecule has 0 atom stereocenters. The van der Waals surface area contributed by atoms with E-state index in [1.54, 1.807) is 41.4 Å². The van der Waals surface area contributed by atoms with Gasteiger partial charge in [-0.2, -0.15) is 4.31 Å². The van der Waals surface area contributed by atoms with Crippen molar-refractivity contribution in [1.29, 1.82) is 0 Å². The number of thiazole rings is 1. The average molecular weight is 553 g/mol. The molecule has 1 amide bonds. The maximum Gasteiger partial charge on any atom is 0.263 e. The van der Waals surface area contributed by atoms with E-state index in [9.17, 15) is 21.6 Å². The molecule has 0 unspecified atom stereocenters. The summed E-state index contributed by atoms with van der Waals surface area (Å²) in [6.07, 6.45) is 4.23. The lowest BCUT2D eigenvalue weighted by Gasteiger charge is -2.30. The molecular weight excluding hydrogens is 529 g/mol. The summed E-state index contributed by atoms with van der Waals surface area (Å²) in [5.41, 5.74) is 0.465. The quantitative estimate of drug-likeness (QED) is 0.408. The molecule has 3 aromatic rings. The summed E-state index contributed by atoms with van der Waals surface area (Å²) in [5.74, 6) is -0.557. The SMILES string of the molecule is CSc1ccc(S(=O)(=O)N2CCC(C(=O)Nc3ccc(S(=O)(=O)Nc4nccs4)cc3)CC2)cc1. The number of sulfonamides is 2. The Kier molecular flexibility index (Phi) is 7.81. The van der Waals surface area contributed by atoms with Crippen LogP contribution >= 0.6 is 23.1 Å². The molecule has 1 aliphatic heterocycles. The summed E-state index contributed by atoms with van der Waals surface area (Å²) >= 11 is 2.72. The first kappa shape index (κ1) is 25.6. The monoisotopic (exact) mass is 552 g/mol. The zero-order chi connectivity index (χ0) is 25.1. The van der Waals surface area contributed by atoms with Crippen molar-refractivity contribution < 1.29 is 21.6 Å². The molecule has 1 fully saturated rings. The van der Waals surface area contributed by atoms with Gasteiger partial charge in [0.15, 0.2) is 5.13 Å². The standard InChI is InChI=1S/C22H24N4O5S4/c1-32-18-4-8-20(9-5-18)35(30,31)26-13-10-16(11-14-26)21(27)24-17-2-6-19(7-3-17)34(28,29)25-22-23-12-15-33-22/h2-9,12,15-16H,10-11,13-14H2,1H3,(H,23,25)(H,24,27). The summed E-state index contributed by atoms with van der Waals surface area (Å²) in [6.45, 7) is 0.509. The van der Waals surface area contributed by atoms with Gasteiger partial charge in [-0.3, -0.25) is 9.52 Å². The number of anilines is 2. The van der Waals surface area contributed by atoms with Crippen LogP contribution in [0.1, 0.15) is 12.8 Å². The predicted molar refractivity (Wildman–Crippen MR) is 138 cm³/mol. The van der Waals surface area contributed by atoms with E-state index >= 15 is 0 Å². The number of piperidine rings is 1. The first-order valence-electron chi connectivity index (χ1n) is 10.7. The molecule has 0 saturated carbocycles. The van der Waals surface area contributed by atoms with Crippen molar-refractivity contribution >= 4 is 59.9 Å². The van der Waals surface area contributed by atoms with E-state index in [4.69, 9.17) is 0 Å². The Morgan fingerprint density at radius 2 is 1.63 bits per heavy atom. The maximum atomic E-state index is 12.9. The topological polar surface area (TPSA) is 126 Å². The van der Waals surface area contributed by atoms with Crippen LogP contribution in [0.2, 0.25) is 0 Å². The molecule has 9 nitrogen and oxygen atoms in total. The maximum absolute atomic E-state index is 12.9. The van der Waals surface area contributed by atoms with Gasteiger partial charge >= 0.3 is 0 Å². The van der Waals surface area contributed by atoms with Crippen LogP contribution in [0.15, 0.2) is 74.8 Å². The van der Waals surface area contributed by atoms with Crippen molar-refractivity contribution in [2.24, 2.45) is 5.92 Å². The number of amides is 1. The summed E-state index contributed by atoms with van der Waals surface area (Å²) in [4.78, 5) is 17.9. The van der Waals surface area contributed by atoms with E-state index in [0.29, 0.717) is 18.5 Å². The Balaban J connectivity index is 1.33. The largest absolute Gasteiger partial charge is 0.326 e. The Morgan fingerprint density at radius 3 is 2.20 bits per heavy atom. The van der Waals surface area contributed by atoms with E-state index in [1.807, 2.05) is 6.26 Å². The molecule has 0 spiro atoms. The van der Waals surface area contributed by atoms with Crippen molar-refractivity contribution in [3.05, 3.63) is 60.1 Å². The van der Waals surface area contributed by atoms with Gasteiger partial charge in [0.25, 0.3) is 10.0 Å². The van der Waals surface area contributed by atoms with Gasteiger partial charge in [-0.1, -0.05) is 0 Å². The smallest absolute Gasteiger partial charge is 0.263 e. The van der Waals surface area contributed by atoms with Gasteiger partial charge in [-0.15, -0.1) is 23.1 Å². The highest BCUT2D eigenvalue weighted by molar-refractivity contribution is 7.98. The predicted octanol–water partition coefficient (Wildman–Crippen LogP) is 3.71. The number of hydrogen-bond donors (Lipinski definition) is 2. The van der Waals surface area contributed by atoms with Gasteiger partial charge in [0.1, 0.15) is 0 Å². The molecule has 1 aromatic heterocycles. The average Bonchev–Trinajstić information content (AvgIpc) is 3.37. The first-order chi connectivity index (χ1) is 16.7. The summed E-state index contributed by atoms with van der Waals surface area (Å²) in [5, 5.41) is 4.74. The highest BCUT2D eigenvalue weighted by atomic mass is 32.2. The van der Waals surface area contributed by atoms with E-state index in [-0.39, 0.29) is 39.8 Å². The molecule has 13 heteroatoms. The van der Waals surface area contributed by atoms with Crippen LogP contribution < -0.4 is 10.0 Å². The lowest BCUT2D eigenvalue weighted by molar-refractivity contribution is -0.120. The second-order valence-corrected chi connectivity index (χ2v) is 13.2. The van der Waals surface area contributed by atoms with E-state index in [2.05, 4.69) is 15.0 Å². The number of aromatic nitrogens is 1. The van der Waals surface area contributed by atoms with E-state index < -0.39 is 20.0 Å². The van der Waals surface area contributed by atoms with Gasteiger partial charge in [-0.25, -0.2) is 21.8 Å². The van der Waals surface area contributed by atoms with Crippen molar-refractivity contribution in [2.45, 2.75) is 27.5 Å². The van der Waals surface area contributed by atoms with E-state index in [1.165, 1.54) is 46.1 Å². The van der Waals surface area contributed by atoms with E-state index in [0.717, 1.165) is 4.90 Å². The van der Waals surface area contributed by atoms with Crippen molar-refractivity contribution in [3.8, 4) is 0 Å². The number of carbonyl (C=O) groups excluding carboxylic acids is 1. The summed E-state index contributed by atoms with van der Waals surface area (Å²) < 4.78 is 54.6. The highest BCUT2D eigenvalue weighted by Crippen LogP contribution is 2.27. The molecular formula is C22H24N4O5S4. The van der Waals surface area contributed by atoms with Gasteiger partial charge in [0.05, 0.1) is 9.79 Å². The number of thioether (sulfide) groups is 1. The molecule has 4 rings (SSSR count). The van der Waals surface area contributed by atoms with Crippen LogP contribution in [0, 0.1) is 5.92 Å². The molecule has 2 N–H and O–H groups in total. The summed E-state index contributed by atoms with van der Waals surface area (Å²) in [7, 11) is -7.38. The van der Waals surface area contributed by atoms with Crippen LogP contribution in [0.3, 0.4) is 0 Å². The normalized spacial score (nSPS) is 15.6. The van der Waals surface area contributed by atoms with Crippen molar-refractivity contribution in [3.63, 3.8) is 0 Å². The third kappa shape index (κ3) is 6.04. The fourth-order valence-corrected chi connectivity index (χ4v) is 7.33. The molecule has 35 heavy (non-hydrogen) atoms. The molecule has 0 radical (unpaired) electrons. The Morgan fingerprint density at radius 1 is 1.00 bits per heavy atom. The van der Waals surface area contributed by atoms with Gasteiger partial charge < -0.3 is 5.32 Å². The Labute approximate surface area is 213 Å². The van der Waals surface area contributed by atoms with Crippen LogP contribution in [-0.4, -0.2) is 51.4 Å². The van der Waals surface area contributed by atoms with Crippen LogP contribution in [0.4, 0.5) is 10.8 Å². The van der Waals surface area contributed by atoms with Crippen molar-refractivity contribution in [2.75, 3.05) is 29.4 Å². The zero-order valence-corrected chi connectivity index (χ0v) is 22.0. The van der Waals surface area contributed by atoms with Crippen LogP contribution in [0.5, 0.6) is 0 Å². The molecule has 2 heterocycles. The van der Waals surface area contributed by atoms with Gasteiger partial charge in [0, 0.05) is 41.2 Å². The fourth-order valence-electron chi connectivity index (χ4n) is 3.66. The van der Waals surface area contributed by atoms with Crippen LogP contribution in [-0.2, 0) is 24.8 Å². The Hall–Kier alpha value is -2.45. The first-order valence-corrected chi connectivity index (χ1v) is 15.7. The zero-order valence-electron chi connectivity index (χ0n) is 18.7. The highest BCUT2D eigenvalue weighted by Gasteiger charge is 2.32. The van der Waals surface area contributed by atoms with Crippen LogP contribution in [0.25, 0.3) is 0 Å². The minimum Gasteiger partial charge on any atom is -0.326 e. The molecule has 0 bridgehead atoms. The van der Waals surface area contributed by atoms with Gasteiger partial charge in [0.2, 0.25) is 15.9 Å². The minimum atomic E-state index is -3.77. The lowest BCUT2D eigenvalue weighted by Crippen LogP contribution is -2.41. The molecule has 1 saturated heterocycles. The second kappa shape index (κ2) is 10.7. The molecule has 0 aliphatic carbocycles. The molecule has 1 aliphatic rings. The number of benzene rings is 2. The molecule has 2 aromatic carbocycles. The number of rotatable bonds is 8. The third-order valence-corrected chi connectivity index (χ3v) is 10.4. The third-order valence-electron chi connectivity index (χ3n) is 5.61. The number of nitrogens with zero attached hydrogens (tertiary/aromatic N) is 2. The fraction of sp³-hybridized carbons (Fsp3) is 0.273. The van der Waals surface area contributed by atoms with Gasteiger partial charge in [-0.05, 0) is 67.6 Å². The number of nitrogens with one attached hydrogen (secondary N) is 2. The number of hydrogen-bond acceptors (Lipinski definition) is 8. The molecule has 186 valence electrons. The Bertz CT molecular complexity index is 1370. The summed E-state index contributed by atoms with van der Waals surface area (Å²) in [6, 6.07) is 12.6.